The Labute approximate surface area is 80.7 Å². The van der Waals surface area contributed by atoms with Crippen molar-refractivity contribution >= 4 is 10.9 Å². The number of aromatic nitrogens is 1. The van der Waals surface area contributed by atoms with Crippen LogP contribution in [0, 0.1) is 0 Å². The number of pyridine rings is 1. The number of para-hydroxylation sites is 1. The quantitative estimate of drug-likeness (QED) is 0.611. The molecule has 2 rings (SSSR count). The number of rotatable bonds is 0. The zero-order chi connectivity index (χ0) is 7.68. The third kappa shape index (κ3) is 1.42. The molecular weight excluding hydrogens is 202 g/mol. The molecule has 0 unspecified atom stereocenters. The molecular formula is C9H6CuNO. The normalized spacial score (nSPS) is 9.33. The summed E-state index contributed by atoms with van der Waals surface area (Å²) in [6, 6.07) is 8.84. The number of benzene rings is 1. The van der Waals surface area contributed by atoms with Crippen molar-refractivity contribution < 1.29 is 22.2 Å². The van der Waals surface area contributed by atoms with Gasteiger partial charge in [-0.2, -0.15) is 0 Å². The summed E-state index contributed by atoms with van der Waals surface area (Å²) in [5, 5.41) is 12.0. The van der Waals surface area contributed by atoms with Gasteiger partial charge < -0.3 is 5.11 Å². The fraction of sp³-hybridized carbons (Fsp3) is 0. The molecule has 0 aliphatic heterocycles. The summed E-state index contributed by atoms with van der Waals surface area (Å²) in [6.45, 7) is 0. The van der Waals surface area contributed by atoms with E-state index in [1.807, 2.05) is 18.2 Å². The molecule has 2 nitrogen and oxygen atoms in total. The van der Waals surface area contributed by atoms with E-state index in [0.29, 0.717) is 5.52 Å². The molecule has 0 radical (unpaired) electrons. The fourth-order valence-corrected chi connectivity index (χ4v) is 1.08. The minimum absolute atomic E-state index is 0. The van der Waals surface area contributed by atoms with Crippen LogP contribution in [0.25, 0.3) is 10.9 Å². The van der Waals surface area contributed by atoms with Crippen molar-refractivity contribution in [2.75, 3.05) is 0 Å². The van der Waals surface area contributed by atoms with E-state index < -0.39 is 0 Å². The number of fused-ring (bicyclic) bond motifs is 1. The second-order valence-corrected chi connectivity index (χ2v) is 2.33. The van der Waals surface area contributed by atoms with E-state index in [-0.39, 0.29) is 22.8 Å². The Kier molecular flexibility index (Phi) is 2.69. The van der Waals surface area contributed by atoms with Crippen LogP contribution in [-0.4, -0.2) is 4.98 Å². The van der Waals surface area contributed by atoms with Crippen LogP contribution in [0.3, 0.4) is 0 Å². The summed E-state index contributed by atoms with van der Waals surface area (Å²) >= 11 is 0. The van der Waals surface area contributed by atoms with Crippen molar-refractivity contribution in [3.63, 3.8) is 0 Å². The average Bonchev–Trinajstić information content (AvgIpc) is 2.06. The molecule has 0 saturated heterocycles. The van der Waals surface area contributed by atoms with Gasteiger partial charge in [0.05, 0.1) is 5.52 Å². The van der Waals surface area contributed by atoms with Crippen LogP contribution in [0.2, 0.25) is 0 Å². The van der Waals surface area contributed by atoms with E-state index in [2.05, 4.69) is 4.98 Å². The summed E-state index contributed by atoms with van der Waals surface area (Å²) in [5.41, 5.74) is 0.551. The molecule has 0 atom stereocenters. The maximum Gasteiger partial charge on any atom is 1.00 e. The first-order chi connectivity index (χ1) is 5.38. The molecule has 0 amide bonds. The molecule has 0 N–H and O–H groups in total. The van der Waals surface area contributed by atoms with Gasteiger partial charge in [-0.1, -0.05) is 30.0 Å². The molecule has 0 spiro atoms. The van der Waals surface area contributed by atoms with Gasteiger partial charge in [-0.15, -0.1) is 0 Å². The van der Waals surface area contributed by atoms with Gasteiger partial charge in [-0.3, -0.25) is 4.98 Å². The summed E-state index contributed by atoms with van der Waals surface area (Å²) < 4.78 is 0. The van der Waals surface area contributed by atoms with Crippen LogP contribution < -0.4 is 5.11 Å². The van der Waals surface area contributed by atoms with Crippen molar-refractivity contribution in [3.8, 4) is 5.75 Å². The van der Waals surface area contributed by atoms with E-state index in [4.69, 9.17) is 0 Å². The minimum atomic E-state index is -0.0110. The van der Waals surface area contributed by atoms with Crippen LogP contribution in [0.5, 0.6) is 5.75 Å². The van der Waals surface area contributed by atoms with Crippen molar-refractivity contribution in [2.45, 2.75) is 0 Å². The summed E-state index contributed by atoms with van der Waals surface area (Å²) in [7, 11) is 0. The van der Waals surface area contributed by atoms with E-state index in [9.17, 15) is 5.11 Å². The third-order valence-electron chi connectivity index (χ3n) is 1.60. The largest absolute Gasteiger partial charge is 1.00 e. The van der Waals surface area contributed by atoms with Crippen LogP contribution in [-0.2, 0) is 17.1 Å². The standard InChI is InChI=1S/C9H7NO.Cu/c11-8-5-1-3-7-4-2-6-10-9(7)8;/h1-6,11H;/q;+1/p-1. The molecule has 3 heteroatoms. The summed E-state index contributed by atoms with van der Waals surface area (Å²) in [5.74, 6) is -0.0110. The maximum atomic E-state index is 11.1. The summed E-state index contributed by atoms with van der Waals surface area (Å²) in [4.78, 5) is 3.97. The maximum absolute atomic E-state index is 11.1. The fourth-order valence-electron chi connectivity index (χ4n) is 1.08. The SMILES string of the molecule is [Cu+].[O-]c1cccc2cccnc12. The van der Waals surface area contributed by atoms with Crippen LogP contribution >= 0.6 is 0 Å². The second-order valence-electron chi connectivity index (χ2n) is 2.33. The minimum Gasteiger partial charge on any atom is -0.871 e. The predicted molar refractivity (Wildman–Crippen MR) is 41.2 cm³/mol. The average molecular weight is 208 g/mol. The Balaban J connectivity index is 0.000000720. The number of nitrogens with zero attached hydrogens (tertiary/aromatic N) is 1. The van der Waals surface area contributed by atoms with Gasteiger partial charge in [0.2, 0.25) is 0 Å². The molecule has 0 bridgehead atoms. The summed E-state index contributed by atoms with van der Waals surface area (Å²) in [6.07, 6.45) is 1.63. The van der Waals surface area contributed by atoms with Gasteiger partial charge in [0, 0.05) is 6.20 Å². The predicted octanol–water partition coefficient (Wildman–Crippen LogP) is 1.31. The van der Waals surface area contributed by atoms with Gasteiger partial charge in [0.25, 0.3) is 0 Å². The van der Waals surface area contributed by atoms with Crippen LogP contribution in [0.1, 0.15) is 0 Å². The van der Waals surface area contributed by atoms with Gasteiger partial charge >= 0.3 is 17.1 Å². The first kappa shape index (κ1) is 9.04. The Bertz CT molecular complexity index is 384. The monoisotopic (exact) mass is 207 g/mol. The molecule has 12 heavy (non-hydrogen) atoms. The Morgan fingerprint density at radius 1 is 1.08 bits per heavy atom. The Hall–Kier alpha value is -1.05. The van der Waals surface area contributed by atoms with Crippen molar-refractivity contribution in [1.29, 1.82) is 0 Å². The van der Waals surface area contributed by atoms with Gasteiger partial charge in [-0.05, 0) is 11.5 Å². The van der Waals surface area contributed by atoms with Crippen molar-refractivity contribution in [1.82, 2.24) is 4.98 Å². The number of hydrogen-bond acceptors (Lipinski definition) is 2. The molecule has 64 valence electrons. The second kappa shape index (κ2) is 3.57. The topological polar surface area (TPSA) is 36.0 Å². The smallest absolute Gasteiger partial charge is 0.871 e. The third-order valence-corrected chi connectivity index (χ3v) is 1.60. The number of hydrogen-bond donors (Lipinski definition) is 0. The van der Waals surface area contributed by atoms with E-state index >= 15 is 0 Å². The Morgan fingerprint density at radius 3 is 2.58 bits per heavy atom. The van der Waals surface area contributed by atoms with E-state index in [1.54, 1.807) is 12.3 Å². The molecule has 1 aromatic carbocycles. The molecule has 0 saturated carbocycles. The first-order valence-electron chi connectivity index (χ1n) is 3.39. The molecule has 1 heterocycles. The van der Waals surface area contributed by atoms with E-state index in [0.717, 1.165) is 5.39 Å². The van der Waals surface area contributed by atoms with Crippen LogP contribution in [0.15, 0.2) is 36.5 Å². The molecule has 0 fully saturated rings. The molecule has 2 aromatic rings. The van der Waals surface area contributed by atoms with Gasteiger partial charge in [-0.25, -0.2) is 0 Å². The van der Waals surface area contributed by atoms with Gasteiger partial charge in [0.15, 0.2) is 0 Å². The van der Waals surface area contributed by atoms with Crippen LogP contribution in [0.4, 0.5) is 0 Å². The van der Waals surface area contributed by atoms with Gasteiger partial charge in [0.1, 0.15) is 0 Å². The molecule has 1 aromatic heterocycles. The van der Waals surface area contributed by atoms with Crippen molar-refractivity contribution in [3.05, 3.63) is 36.5 Å². The van der Waals surface area contributed by atoms with Crippen molar-refractivity contribution in [2.24, 2.45) is 0 Å². The zero-order valence-corrected chi connectivity index (χ0v) is 7.06. The Morgan fingerprint density at radius 2 is 1.83 bits per heavy atom. The molecule has 0 aliphatic rings. The van der Waals surface area contributed by atoms with E-state index in [1.165, 1.54) is 6.07 Å². The molecule has 0 aliphatic carbocycles. The first-order valence-corrected chi connectivity index (χ1v) is 3.39. The zero-order valence-electron chi connectivity index (χ0n) is 6.12.